The third kappa shape index (κ3) is 8.49. The lowest BCUT2D eigenvalue weighted by Gasteiger charge is -2.35. The number of nitrogens with one attached hydrogen (secondary N) is 2. The number of nitrogens with zero attached hydrogens (tertiary/aromatic N) is 1. The van der Waals surface area contributed by atoms with E-state index in [2.05, 4.69) is 25.1 Å². The van der Waals surface area contributed by atoms with Gasteiger partial charge in [-0.05, 0) is 82.2 Å². The van der Waals surface area contributed by atoms with Crippen molar-refractivity contribution >= 4 is 34.3 Å². The Labute approximate surface area is 254 Å². The summed E-state index contributed by atoms with van der Waals surface area (Å²) in [4.78, 5) is 17.9. The van der Waals surface area contributed by atoms with Crippen LogP contribution in [0, 0.1) is 3.57 Å². The summed E-state index contributed by atoms with van der Waals surface area (Å²) in [6.45, 7) is 0. The predicted molar refractivity (Wildman–Crippen MR) is 151 cm³/mol. The van der Waals surface area contributed by atoms with Crippen molar-refractivity contribution in [3.8, 4) is 11.5 Å². The lowest BCUT2D eigenvalue weighted by atomic mass is 9.80. The molecule has 0 fully saturated rings. The summed E-state index contributed by atoms with van der Waals surface area (Å²) in [5, 5.41) is 5.35. The van der Waals surface area contributed by atoms with Crippen molar-refractivity contribution in [3.63, 3.8) is 0 Å². The Balaban J connectivity index is 1.77. The van der Waals surface area contributed by atoms with E-state index in [0.29, 0.717) is 5.56 Å². The minimum Gasteiger partial charge on any atom is -0.428 e. The van der Waals surface area contributed by atoms with Gasteiger partial charge < -0.3 is 20.1 Å². The Morgan fingerprint density at radius 2 is 1.53 bits per heavy atom. The number of benzene rings is 3. The normalized spacial score (nSPS) is 13.2. The number of carbonyl (C=O) groups is 1. The first-order valence-electron chi connectivity index (χ1n) is 12.3. The standard InChI is InChI=1S/C29H21F7IN3O3/c30-25(31)28(32,33)42-23-8-4-7-19(15-23)27(16-18-5-2-1-3-6-18,24-14-9-20(37)17-38-24)40-26(41)39-21-10-12-22(13-11-21)43-29(34,35)36/h1-15,17,25H,16H2,(H2,39,40,41)/t27-/m0/s1. The van der Waals surface area contributed by atoms with Gasteiger partial charge in [0, 0.05) is 21.9 Å². The Hall–Kier alpha value is -4.08. The van der Waals surface area contributed by atoms with Gasteiger partial charge in [-0.25, -0.2) is 4.79 Å². The monoisotopic (exact) mass is 719 g/mol. The Morgan fingerprint density at radius 1 is 0.837 bits per heavy atom. The first kappa shape index (κ1) is 31.8. The van der Waals surface area contributed by atoms with Gasteiger partial charge in [-0.15, -0.1) is 13.2 Å². The maximum Gasteiger partial charge on any atom is 0.573 e. The molecular weight excluding hydrogens is 698 g/mol. The lowest BCUT2D eigenvalue weighted by Crippen LogP contribution is -2.50. The van der Waals surface area contributed by atoms with Crippen LogP contribution in [-0.2, 0) is 12.0 Å². The van der Waals surface area contributed by atoms with E-state index in [4.69, 9.17) is 0 Å². The number of alkyl halides is 7. The molecule has 0 aliphatic heterocycles. The van der Waals surface area contributed by atoms with Crippen molar-refractivity contribution in [3.05, 3.63) is 118 Å². The number of hydrogen-bond donors (Lipinski definition) is 2. The number of rotatable bonds is 10. The second-order valence-electron chi connectivity index (χ2n) is 9.07. The number of urea groups is 1. The van der Waals surface area contributed by atoms with Crippen LogP contribution in [0.4, 0.5) is 41.2 Å². The summed E-state index contributed by atoms with van der Waals surface area (Å²) in [5.74, 6) is -1.09. The maximum absolute atomic E-state index is 13.8. The molecule has 2 N–H and O–H groups in total. The van der Waals surface area contributed by atoms with Crippen LogP contribution in [-0.4, -0.2) is 29.9 Å². The van der Waals surface area contributed by atoms with Crippen LogP contribution in [0.2, 0.25) is 0 Å². The van der Waals surface area contributed by atoms with Crippen molar-refractivity contribution in [2.45, 2.75) is 30.9 Å². The second-order valence-corrected chi connectivity index (χ2v) is 10.3. The minimum atomic E-state index is -4.90. The highest BCUT2D eigenvalue weighted by Crippen LogP contribution is 2.36. The molecule has 0 radical (unpaired) electrons. The molecule has 0 aliphatic rings. The molecule has 4 rings (SSSR count). The fraction of sp³-hybridized carbons (Fsp3) is 0.172. The molecule has 6 nitrogen and oxygen atoms in total. The molecule has 1 heterocycles. The summed E-state index contributed by atoms with van der Waals surface area (Å²) in [6.07, 6.45) is -12.3. The zero-order chi connectivity index (χ0) is 31.3. The van der Waals surface area contributed by atoms with E-state index in [-0.39, 0.29) is 23.4 Å². The fourth-order valence-electron chi connectivity index (χ4n) is 4.17. The average Bonchev–Trinajstić information content (AvgIpc) is 2.94. The number of pyridine rings is 1. The maximum atomic E-state index is 13.8. The van der Waals surface area contributed by atoms with Crippen LogP contribution in [0.3, 0.4) is 0 Å². The van der Waals surface area contributed by atoms with Crippen molar-refractivity contribution in [1.82, 2.24) is 10.3 Å². The Bertz CT molecular complexity index is 1520. The van der Waals surface area contributed by atoms with Crippen LogP contribution in [0.5, 0.6) is 11.5 Å². The first-order chi connectivity index (χ1) is 20.3. The molecule has 226 valence electrons. The molecule has 1 atom stereocenters. The highest BCUT2D eigenvalue weighted by Gasteiger charge is 2.45. The quantitative estimate of drug-likeness (QED) is 0.128. The topological polar surface area (TPSA) is 72.5 Å². The molecule has 0 bridgehead atoms. The van der Waals surface area contributed by atoms with Crippen LogP contribution < -0.4 is 20.1 Å². The van der Waals surface area contributed by atoms with Crippen LogP contribution >= 0.6 is 22.6 Å². The van der Waals surface area contributed by atoms with Crippen LogP contribution in [0.1, 0.15) is 16.8 Å². The van der Waals surface area contributed by atoms with Gasteiger partial charge in [-0.1, -0.05) is 42.5 Å². The molecular formula is C29H21F7IN3O3. The molecule has 2 amide bonds. The lowest BCUT2D eigenvalue weighted by molar-refractivity contribution is -0.274. The predicted octanol–water partition coefficient (Wildman–Crippen LogP) is 8.13. The van der Waals surface area contributed by atoms with Gasteiger partial charge in [-0.3, -0.25) is 4.98 Å². The molecule has 0 aliphatic carbocycles. The van der Waals surface area contributed by atoms with E-state index in [1.807, 2.05) is 22.6 Å². The van der Waals surface area contributed by atoms with Gasteiger partial charge in [0.2, 0.25) is 0 Å². The zero-order valence-corrected chi connectivity index (χ0v) is 23.9. The summed E-state index contributed by atoms with van der Waals surface area (Å²) in [5.41, 5.74) is -0.379. The molecule has 0 saturated carbocycles. The number of aromatic nitrogens is 1. The summed E-state index contributed by atoms with van der Waals surface area (Å²) >= 11 is 2.02. The third-order valence-corrected chi connectivity index (χ3v) is 6.62. The SMILES string of the molecule is O=C(Nc1ccc(OC(F)(F)F)cc1)N[C@@](Cc1ccccc1)(c1cccc(OC(F)(F)C(F)F)c1)c1ccc(I)cn1. The number of ether oxygens (including phenoxy) is 2. The fourth-order valence-corrected chi connectivity index (χ4v) is 4.49. The Kier molecular flexibility index (Phi) is 9.67. The number of anilines is 1. The highest BCUT2D eigenvalue weighted by atomic mass is 127. The largest absolute Gasteiger partial charge is 0.573 e. The molecule has 14 heteroatoms. The second kappa shape index (κ2) is 13.1. The first-order valence-corrected chi connectivity index (χ1v) is 13.4. The summed E-state index contributed by atoms with van der Waals surface area (Å²) in [7, 11) is 0. The van der Waals surface area contributed by atoms with Crippen molar-refractivity contribution in [2.24, 2.45) is 0 Å². The van der Waals surface area contributed by atoms with E-state index in [1.165, 1.54) is 30.5 Å². The average molecular weight is 719 g/mol. The van der Waals surface area contributed by atoms with Crippen LogP contribution in [0.25, 0.3) is 0 Å². The molecule has 43 heavy (non-hydrogen) atoms. The molecule has 4 aromatic rings. The zero-order valence-electron chi connectivity index (χ0n) is 21.7. The van der Waals surface area contributed by atoms with E-state index in [1.54, 1.807) is 42.5 Å². The Morgan fingerprint density at radius 3 is 2.14 bits per heavy atom. The van der Waals surface area contributed by atoms with Gasteiger partial charge in [0.25, 0.3) is 0 Å². The van der Waals surface area contributed by atoms with Crippen LogP contribution in [0.15, 0.2) is 97.2 Å². The van der Waals surface area contributed by atoms with E-state index in [9.17, 15) is 35.5 Å². The molecule has 1 aromatic heterocycles. The molecule has 0 saturated heterocycles. The smallest absolute Gasteiger partial charge is 0.428 e. The van der Waals surface area contributed by atoms with E-state index in [0.717, 1.165) is 27.8 Å². The minimum absolute atomic E-state index is 0.0158. The number of carbonyl (C=O) groups excluding carboxylic acids is 1. The van der Waals surface area contributed by atoms with Crippen molar-refractivity contribution in [1.29, 1.82) is 0 Å². The van der Waals surface area contributed by atoms with Gasteiger partial charge in [-0.2, -0.15) is 17.6 Å². The summed E-state index contributed by atoms with van der Waals surface area (Å²) in [6, 6.07) is 20.6. The van der Waals surface area contributed by atoms with Gasteiger partial charge in [0.15, 0.2) is 0 Å². The number of halogens is 8. The molecule has 0 spiro atoms. The van der Waals surface area contributed by atoms with Gasteiger partial charge in [0.1, 0.15) is 17.0 Å². The third-order valence-electron chi connectivity index (χ3n) is 5.98. The van der Waals surface area contributed by atoms with Gasteiger partial charge >= 0.3 is 24.9 Å². The highest BCUT2D eigenvalue weighted by molar-refractivity contribution is 14.1. The molecule has 0 unspecified atom stereocenters. The van der Waals surface area contributed by atoms with Crippen molar-refractivity contribution in [2.75, 3.05) is 5.32 Å². The van der Waals surface area contributed by atoms with Crippen molar-refractivity contribution < 1.29 is 45.0 Å². The number of amides is 2. The molecule has 3 aromatic carbocycles. The number of hydrogen-bond acceptors (Lipinski definition) is 4. The summed E-state index contributed by atoms with van der Waals surface area (Å²) < 4.78 is 99.9. The van der Waals surface area contributed by atoms with Gasteiger partial charge in [0.05, 0.1) is 5.69 Å². The van der Waals surface area contributed by atoms with E-state index < -0.39 is 42.0 Å². The van der Waals surface area contributed by atoms with E-state index >= 15 is 0 Å².